The van der Waals surface area contributed by atoms with Crippen molar-refractivity contribution in [2.24, 2.45) is 11.7 Å². The second-order valence-electron chi connectivity index (χ2n) is 6.14. The van der Waals surface area contributed by atoms with Crippen molar-refractivity contribution in [2.75, 3.05) is 39.4 Å². The molecule has 0 radical (unpaired) electrons. The molecular weight excluding hydrogens is 254 g/mol. The van der Waals surface area contributed by atoms with Gasteiger partial charge in [0.2, 0.25) is 5.91 Å². The standard InChI is InChI=1S/C15H29N3O2/c16-14-3-1-2-13(12-14)4-5-15(19)17-6-7-18-8-10-20-11-9-18/h13-14H,1-12,16H2,(H,17,19). The van der Waals surface area contributed by atoms with Crippen LogP contribution in [0.5, 0.6) is 0 Å². The maximum atomic E-state index is 11.8. The van der Waals surface area contributed by atoms with Gasteiger partial charge in [0.05, 0.1) is 13.2 Å². The summed E-state index contributed by atoms with van der Waals surface area (Å²) in [6, 6.07) is 0.359. The second kappa shape index (κ2) is 8.60. The Kier molecular flexibility index (Phi) is 6.76. The third-order valence-corrected chi connectivity index (χ3v) is 4.46. The number of nitrogens with one attached hydrogen (secondary N) is 1. The lowest BCUT2D eigenvalue weighted by Gasteiger charge is -2.27. The molecule has 0 aromatic rings. The molecule has 0 aromatic heterocycles. The van der Waals surface area contributed by atoms with E-state index in [1.807, 2.05) is 0 Å². The normalized spacial score (nSPS) is 28.2. The van der Waals surface area contributed by atoms with Crippen molar-refractivity contribution in [1.82, 2.24) is 10.2 Å². The van der Waals surface area contributed by atoms with Crippen LogP contribution in [0.2, 0.25) is 0 Å². The molecule has 2 fully saturated rings. The van der Waals surface area contributed by atoms with Gasteiger partial charge in [-0.1, -0.05) is 12.8 Å². The number of nitrogens with two attached hydrogens (primary N) is 1. The minimum Gasteiger partial charge on any atom is -0.379 e. The Labute approximate surface area is 122 Å². The highest BCUT2D eigenvalue weighted by Crippen LogP contribution is 2.26. The molecule has 5 nitrogen and oxygen atoms in total. The van der Waals surface area contributed by atoms with Gasteiger partial charge in [0.15, 0.2) is 0 Å². The number of carbonyl (C=O) groups is 1. The lowest BCUT2D eigenvalue weighted by Crippen LogP contribution is -2.41. The Bertz CT molecular complexity index is 293. The SMILES string of the molecule is NC1CCCC(CCC(=O)NCCN2CCOCC2)C1. The van der Waals surface area contributed by atoms with Crippen LogP contribution in [0.25, 0.3) is 0 Å². The van der Waals surface area contributed by atoms with Crippen LogP contribution in [0, 0.1) is 5.92 Å². The van der Waals surface area contributed by atoms with Crippen LogP contribution in [0.3, 0.4) is 0 Å². The summed E-state index contributed by atoms with van der Waals surface area (Å²) in [6.07, 6.45) is 6.38. The van der Waals surface area contributed by atoms with E-state index in [1.165, 1.54) is 12.8 Å². The third-order valence-electron chi connectivity index (χ3n) is 4.46. The van der Waals surface area contributed by atoms with Crippen LogP contribution in [0.4, 0.5) is 0 Å². The summed E-state index contributed by atoms with van der Waals surface area (Å²) in [7, 11) is 0. The van der Waals surface area contributed by atoms with Gasteiger partial charge in [-0.2, -0.15) is 0 Å². The quantitative estimate of drug-likeness (QED) is 0.754. The van der Waals surface area contributed by atoms with Gasteiger partial charge < -0.3 is 15.8 Å². The van der Waals surface area contributed by atoms with Crippen molar-refractivity contribution >= 4 is 5.91 Å². The lowest BCUT2D eigenvalue weighted by atomic mass is 9.83. The van der Waals surface area contributed by atoms with E-state index >= 15 is 0 Å². The molecular formula is C15H29N3O2. The predicted octanol–water partition coefficient (Wildman–Crippen LogP) is 0.733. The van der Waals surface area contributed by atoms with E-state index in [2.05, 4.69) is 10.2 Å². The molecule has 0 bridgehead atoms. The minimum atomic E-state index is 0.192. The molecule has 0 spiro atoms. The van der Waals surface area contributed by atoms with Crippen LogP contribution in [-0.4, -0.2) is 56.2 Å². The molecule has 2 unspecified atom stereocenters. The van der Waals surface area contributed by atoms with Gasteiger partial charge in [-0.3, -0.25) is 9.69 Å². The minimum absolute atomic E-state index is 0.192. The van der Waals surface area contributed by atoms with Crippen molar-refractivity contribution in [1.29, 1.82) is 0 Å². The number of rotatable bonds is 6. The molecule has 2 aliphatic rings. The molecule has 0 aromatic carbocycles. The zero-order valence-electron chi connectivity index (χ0n) is 12.5. The smallest absolute Gasteiger partial charge is 0.220 e. The van der Waals surface area contributed by atoms with Crippen molar-refractivity contribution in [3.63, 3.8) is 0 Å². The Hall–Kier alpha value is -0.650. The largest absolute Gasteiger partial charge is 0.379 e. The highest BCUT2D eigenvalue weighted by Gasteiger charge is 2.19. The molecule has 3 N–H and O–H groups in total. The molecule has 2 atom stereocenters. The van der Waals surface area contributed by atoms with Gasteiger partial charge in [-0.25, -0.2) is 0 Å². The Balaban J connectivity index is 1.51. The molecule has 1 heterocycles. The van der Waals surface area contributed by atoms with E-state index in [0.717, 1.165) is 58.7 Å². The van der Waals surface area contributed by atoms with Gasteiger partial charge in [-0.15, -0.1) is 0 Å². The van der Waals surface area contributed by atoms with Gasteiger partial charge in [-0.05, 0) is 25.2 Å². The monoisotopic (exact) mass is 283 g/mol. The molecule has 1 aliphatic heterocycles. The molecule has 5 heteroatoms. The molecule has 2 rings (SSSR count). The van der Waals surface area contributed by atoms with Gasteiger partial charge >= 0.3 is 0 Å². The van der Waals surface area contributed by atoms with Crippen LogP contribution < -0.4 is 11.1 Å². The number of nitrogens with zero attached hydrogens (tertiary/aromatic N) is 1. The first kappa shape index (κ1) is 15.7. The molecule has 1 saturated carbocycles. The van der Waals surface area contributed by atoms with Crippen LogP contribution in [0.1, 0.15) is 38.5 Å². The highest BCUT2D eigenvalue weighted by atomic mass is 16.5. The van der Waals surface area contributed by atoms with Crippen molar-refractivity contribution < 1.29 is 9.53 Å². The van der Waals surface area contributed by atoms with E-state index in [9.17, 15) is 4.79 Å². The molecule has 116 valence electrons. The average Bonchev–Trinajstić information content (AvgIpc) is 2.46. The zero-order valence-corrected chi connectivity index (χ0v) is 12.5. The summed E-state index contributed by atoms with van der Waals surface area (Å²) in [5.74, 6) is 0.848. The van der Waals surface area contributed by atoms with Crippen LogP contribution in [0.15, 0.2) is 0 Å². The maximum absolute atomic E-state index is 11.8. The second-order valence-corrected chi connectivity index (χ2v) is 6.14. The number of ether oxygens (including phenoxy) is 1. The molecule has 1 amide bonds. The number of morpholine rings is 1. The molecule has 1 saturated heterocycles. The number of hydrogen-bond acceptors (Lipinski definition) is 4. The lowest BCUT2D eigenvalue weighted by molar-refractivity contribution is -0.121. The fourth-order valence-corrected chi connectivity index (χ4v) is 3.20. The summed E-state index contributed by atoms with van der Waals surface area (Å²) in [5.41, 5.74) is 5.98. The number of amides is 1. The van der Waals surface area contributed by atoms with E-state index in [0.29, 0.717) is 18.4 Å². The fraction of sp³-hybridized carbons (Fsp3) is 0.933. The summed E-state index contributed by atoms with van der Waals surface area (Å²) < 4.78 is 5.30. The maximum Gasteiger partial charge on any atom is 0.220 e. The van der Waals surface area contributed by atoms with Gasteiger partial charge in [0.1, 0.15) is 0 Å². The van der Waals surface area contributed by atoms with Crippen molar-refractivity contribution in [3.8, 4) is 0 Å². The van der Waals surface area contributed by atoms with Crippen LogP contribution >= 0.6 is 0 Å². The van der Waals surface area contributed by atoms with Crippen molar-refractivity contribution in [3.05, 3.63) is 0 Å². The van der Waals surface area contributed by atoms with Gasteiger partial charge in [0, 0.05) is 38.6 Å². The summed E-state index contributed by atoms with van der Waals surface area (Å²) in [6.45, 7) is 5.28. The summed E-state index contributed by atoms with van der Waals surface area (Å²) in [4.78, 5) is 14.2. The molecule has 1 aliphatic carbocycles. The topological polar surface area (TPSA) is 67.6 Å². The van der Waals surface area contributed by atoms with E-state index in [-0.39, 0.29) is 5.91 Å². The first-order valence-electron chi connectivity index (χ1n) is 8.06. The predicted molar refractivity (Wildman–Crippen MR) is 79.4 cm³/mol. The Morgan fingerprint density at radius 2 is 2.10 bits per heavy atom. The Morgan fingerprint density at radius 3 is 2.85 bits per heavy atom. The first-order chi connectivity index (χ1) is 9.74. The van der Waals surface area contributed by atoms with Gasteiger partial charge in [0.25, 0.3) is 0 Å². The number of hydrogen-bond donors (Lipinski definition) is 2. The zero-order chi connectivity index (χ0) is 14.2. The van der Waals surface area contributed by atoms with Crippen molar-refractivity contribution in [2.45, 2.75) is 44.6 Å². The summed E-state index contributed by atoms with van der Waals surface area (Å²) in [5, 5.41) is 3.03. The van der Waals surface area contributed by atoms with Crippen LogP contribution in [-0.2, 0) is 9.53 Å². The first-order valence-corrected chi connectivity index (χ1v) is 8.06. The van der Waals surface area contributed by atoms with E-state index in [4.69, 9.17) is 10.5 Å². The fourth-order valence-electron chi connectivity index (χ4n) is 3.20. The van der Waals surface area contributed by atoms with E-state index < -0.39 is 0 Å². The van der Waals surface area contributed by atoms with E-state index in [1.54, 1.807) is 0 Å². The Morgan fingerprint density at radius 1 is 1.30 bits per heavy atom. The third kappa shape index (κ3) is 5.77. The average molecular weight is 283 g/mol. The highest BCUT2D eigenvalue weighted by molar-refractivity contribution is 5.75. The number of carbonyl (C=O) groups excluding carboxylic acids is 1. The molecule has 20 heavy (non-hydrogen) atoms. The summed E-state index contributed by atoms with van der Waals surface area (Å²) >= 11 is 0.